The van der Waals surface area contributed by atoms with Gasteiger partial charge in [0.15, 0.2) is 0 Å². The Hall–Kier alpha value is -1.03. The first kappa shape index (κ1) is 13.4. The van der Waals surface area contributed by atoms with Crippen LogP contribution in [-0.2, 0) is 18.0 Å². The first-order valence-corrected chi connectivity index (χ1v) is 6.69. The predicted molar refractivity (Wildman–Crippen MR) is 78.5 cm³/mol. The molecule has 4 heteroatoms. The quantitative estimate of drug-likeness (QED) is 0.845. The summed E-state index contributed by atoms with van der Waals surface area (Å²) in [5, 5.41) is 0.730. The minimum absolute atomic E-state index is 0.482. The van der Waals surface area contributed by atoms with Gasteiger partial charge in [-0.2, -0.15) is 0 Å². The fourth-order valence-electron chi connectivity index (χ4n) is 1.58. The minimum atomic E-state index is 0.482. The van der Waals surface area contributed by atoms with Gasteiger partial charge >= 0.3 is 0 Å². The highest BCUT2D eigenvalue weighted by atomic mass is 79.9. The third-order valence-electron chi connectivity index (χ3n) is 2.58. The van der Waals surface area contributed by atoms with Crippen LogP contribution in [0.5, 0.6) is 0 Å². The summed E-state index contributed by atoms with van der Waals surface area (Å²) in [6, 6.07) is 13.3. The predicted octanol–water partition coefficient (Wildman–Crippen LogP) is 4.40. The Morgan fingerprint density at radius 3 is 2.44 bits per heavy atom. The summed E-state index contributed by atoms with van der Waals surface area (Å²) < 4.78 is 6.63. The molecule has 0 atom stereocenters. The molecule has 2 nitrogen and oxygen atoms in total. The molecule has 2 rings (SSSR count). The van der Waals surface area contributed by atoms with Crippen LogP contribution in [0.25, 0.3) is 0 Å². The average Bonchev–Trinajstić information content (AvgIpc) is 2.35. The molecule has 0 aromatic heterocycles. The van der Waals surface area contributed by atoms with E-state index in [4.69, 9.17) is 22.1 Å². The van der Waals surface area contributed by atoms with Gasteiger partial charge in [0.25, 0.3) is 0 Å². The van der Waals surface area contributed by atoms with Gasteiger partial charge in [0.1, 0.15) is 0 Å². The Balaban J connectivity index is 1.94. The van der Waals surface area contributed by atoms with Crippen LogP contribution in [0.2, 0.25) is 5.02 Å². The molecule has 0 aliphatic heterocycles. The molecule has 2 aromatic rings. The van der Waals surface area contributed by atoms with E-state index in [-0.39, 0.29) is 0 Å². The SMILES string of the molecule is Nc1cccc(Br)c1COCc1ccc(Cl)cc1. The molecule has 0 aliphatic carbocycles. The second-order valence-corrected chi connectivity index (χ2v) is 5.22. The van der Waals surface area contributed by atoms with Crippen molar-refractivity contribution in [2.45, 2.75) is 13.2 Å². The van der Waals surface area contributed by atoms with Crippen molar-refractivity contribution in [1.29, 1.82) is 0 Å². The van der Waals surface area contributed by atoms with E-state index < -0.39 is 0 Å². The van der Waals surface area contributed by atoms with E-state index in [0.29, 0.717) is 13.2 Å². The minimum Gasteiger partial charge on any atom is -0.398 e. The van der Waals surface area contributed by atoms with Crippen molar-refractivity contribution < 1.29 is 4.74 Å². The molecule has 0 unspecified atom stereocenters. The molecule has 0 bridgehead atoms. The Bertz CT molecular complexity index is 508. The first-order valence-electron chi connectivity index (χ1n) is 5.52. The van der Waals surface area contributed by atoms with Crippen molar-refractivity contribution in [3.05, 3.63) is 63.1 Å². The van der Waals surface area contributed by atoms with E-state index in [2.05, 4.69) is 15.9 Å². The molecule has 18 heavy (non-hydrogen) atoms. The van der Waals surface area contributed by atoms with Crippen LogP contribution in [0, 0.1) is 0 Å². The fourth-order valence-corrected chi connectivity index (χ4v) is 2.20. The van der Waals surface area contributed by atoms with Crippen molar-refractivity contribution in [2.75, 3.05) is 5.73 Å². The molecular weight excluding hydrogens is 314 g/mol. The highest BCUT2D eigenvalue weighted by molar-refractivity contribution is 9.10. The second kappa shape index (κ2) is 6.23. The first-order chi connectivity index (χ1) is 8.66. The summed E-state index contributed by atoms with van der Waals surface area (Å²) in [5.41, 5.74) is 8.70. The van der Waals surface area contributed by atoms with Crippen molar-refractivity contribution in [3.8, 4) is 0 Å². The molecule has 2 aromatic carbocycles. The van der Waals surface area contributed by atoms with Gasteiger partial charge in [-0.15, -0.1) is 0 Å². The van der Waals surface area contributed by atoms with Crippen molar-refractivity contribution >= 4 is 33.2 Å². The van der Waals surface area contributed by atoms with Gasteiger partial charge in [0.2, 0.25) is 0 Å². The number of anilines is 1. The zero-order valence-corrected chi connectivity index (χ0v) is 12.0. The van der Waals surface area contributed by atoms with Gasteiger partial charge in [-0.3, -0.25) is 0 Å². The van der Waals surface area contributed by atoms with E-state index >= 15 is 0 Å². The highest BCUT2D eigenvalue weighted by Crippen LogP contribution is 2.23. The van der Waals surface area contributed by atoms with Crippen LogP contribution in [0.3, 0.4) is 0 Å². The summed E-state index contributed by atoms with van der Waals surface area (Å²) in [6.07, 6.45) is 0. The molecule has 0 spiro atoms. The smallest absolute Gasteiger partial charge is 0.0752 e. The summed E-state index contributed by atoms with van der Waals surface area (Å²) >= 11 is 9.29. The highest BCUT2D eigenvalue weighted by Gasteiger charge is 2.04. The van der Waals surface area contributed by atoms with Gasteiger partial charge in [-0.1, -0.05) is 45.7 Å². The lowest BCUT2D eigenvalue weighted by Gasteiger charge is -2.09. The molecule has 0 aliphatic rings. The van der Waals surface area contributed by atoms with Gasteiger partial charge in [-0.25, -0.2) is 0 Å². The van der Waals surface area contributed by atoms with Crippen LogP contribution >= 0.6 is 27.5 Å². The zero-order valence-electron chi connectivity index (χ0n) is 9.70. The molecular formula is C14H13BrClNO. The second-order valence-electron chi connectivity index (χ2n) is 3.93. The molecule has 0 saturated heterocycles. The molecule has 0 radical (unpaired) electrons. The molecule has 0 heterocycles. The number of halogens is 2. The Morgan fingerprint density at radius 2 is 1.78 bits per heavy atom. The fraction of sp³-hybridized carbons (Fsp3) is 0.143. The van der Waals surface area contributed by atoms with Crippen LogP contribution < -0.4 is 5.73 Å². The van der Waals surface area contributed by atoms with Crippen molar-refractivity contribution in [3.63, 3.8) is 0 Å². The zero-order chi connectivity index (χ0) is 13.0. The maximum atomic E-state index is 5.89. The summed E-state index contributed by atoms with van der Waals surface area (Å²) in [4.78, 5) is 0. The number of nitrogens with two attached hydrogens (primary N) is 1. The topological polar surface area (TPSA) is 35.2 Å². The molecule has 0 fully saturated rings. The molecule has 0 amide bonds. The lowest BCUT2D eigenvalue weighted by atomic mass is 10.2. The molecule has 2 N–H and O–H groups in total. The number of benzene rings is 2. The maximum Gasteiger partial charge on any atom is 0.0752 e. The van der Waals surface area contributed by atoms with E-state index in [1.807, 2.05) is 42.5 Å². The van der Waals surface area contributed by atoms with E-state index in [1.165, 1.54) is 0 Å². The number of hydrogen-bond donors (Lipinski definition) is 1. The van der Waals surface area contributed by atoms with Crippen molar-refractivity contribution in [1.82, 2.24) is 0 Å². The number of nitrogen functional groups attached to an aromatic ring is 1. The maximum absolute atomic E-state index is 5.89. The molecule has 94 valence electrons. The number of ether oxygens (including phenoxy) is 1. The van der Waals surface area contributed by atoms with Crippen LogP contribution in [0.15, 0.2) is 46.9 Å². The monoisotopic (exact) mass is 325 g/mol. The lowest BCUT2D eigenvalue weighted by Crippen LogP contribution is -1.99. The van der Waals surface area contributed by atoms with Gasteiger partial charge in [-0.05, 0) is 29.8 Å². The Labute approximate surface area is 120 Å². The van der Waals surface area contributed by atoms with E-state index in [1.54, 1.807) is 0 Å². The lowest BCUT2D eigenvalue weighted by molar-refractivity contribution is 0.107. The van der Waals surface area contributed by atoms with E-state index in [0.717, 1.165) is 26.3 Å². The van der Waals surface area contributed by atoms with Gasteiger partial charge in [0, 0.05) is 20.7 Å². The van der Waals surface area contributed by atoms with Crippen LogP contribution in [0.1, 0.15) is 11.1 Å². The normalized spacial score (nSPS) is 10.6. The van der Waals surface area contributed by atoms with Gasteiger partial charge < -0.3 is 10.5 Å². The van der Waals surface area contributed by atoms with Gasteiger partial charge in [0.05, 0.1) is 13.2 Å². The number of hydrogen-bond acceptors (Lipinski definition) is 2. The molecule has 0 saturated carbocycles. The Kier molecular flexibility index (Phi) is 4.64. The third kappa shape index (κ3) is 3.48. The van der Waals surface area contributed by atoms with Crippen LogP contribution in [0.4, 0.5) is 5.69 Å². The summed E-state index contributed by atoms with van der Waals surface area (Å²) in [5.74, 6) is 0. The van der Waals surface area contributed by atoms with Crippen LogP contribution in [-0.4, -0.2) is 0 Å². The van der Waals surface area contributed by atoms with Crippen molar-refractivity contribution in [2.24, 2.45) is 0 Å². The van der Waals surface area contributed by atoms with E-state index in [9.17, 15) is 0 Å². The largest absolute Gasteiger partial charge is 0.398 e. The summed E-state index contributed by atoms with van der Waals surface area (Å²) in [6.45, 7) is 1.02. The Morgan fingerprint density at radius 1 is 1.06 bits per heavy atom. The number of rotatable bonds is 4. The summed E-state index contributed by atoms with van der Waals surface area (Å²) in [7, 11) is 0. The average molecular weight is 327 g/mol. The standard InChI is InChI=1S/C14H13BrClNO/c15-13-2-1-3-14(17)12(13)9-18-8-10-4-6-11(16)7-5-10/h1-7H,8-9,17H2. The third-order valence-corrected chi connectivity index (χ3v) is 3.58.